The van der Waals surface area contributed by atoms with Gasteiger partial charge >= 0.3 is 0 Å². The first-order valence-electron chi connectivity index (χ1n) is 10.9. The predicted molar refractivity (Wildman–Crippen MR) is 112 cm³/mol. The molecule has 7 nitrogen and oxygen atoms in total. The third-order valence-electron chi connectivity index (χ3n) is 5.98. The third kappa shape index (κ3) is 4.95. The van der Waals surface area contributed by atoms with Gasteiger partial charge in [-0.3, -0.25) is 14.6 Å². The Balaban J connectivity index is 1.27. The highest BCUT2D eigenvalue weighted by atomic mass is 16.4. The molecule has 1 fully saturated rings. The molecule has 0 atom stereocenters. The van der Waals surface area contributed by atoms with Crippen LogP contribution in [-0.4, -0.2) is 57.3 Å². The Labute approximate surface area is 172 Å². The zero-order valence-electron chi connectivity index (χ0n) is 18.0. The summed E-state index contributed by atoms with van der Waals surface area (Å²) in [5.74, 6) is 1.99. The second kappa shape index (κ2) is 8.40. The molecule has 0 N–H and O–H groups in total. The van der Waals surface area contributed by atoms with E-state index in [1.54, 1.807) is 10.7 Å². The number of rotatable bonds is 5. The van der Waals surface area contributed by atoms with E-state index in [-0.39, 0.29) is 11.0 Å². The normalized spacial score (nSPS) is 18.7. The Bertz CT molecular complexity index is 864. The van der Waals surface area contributed by atoms with E-state index in [1.165, 1.54) is 18.5 Å². The lowest BCUT2D eigenvalue weighted by atomic mass is 9.92. The highest BCUT2D eigenvalue weighted by Gasteiger charge is 2.22. The van der Waals surface area contributed by atoms with Gasteiger partial charge in [-0.2, -0.15) is 5.10 Å². The van der Waals surface area contributed by atoms with E-state index in [9.17, 15) is 4.79 Å². The van der Waals surface area contributed by atoms with E-state index in [2.05, 4.69) is 35.7 Å². The smallest absolute Gasteiger partial charge is 0.266 e. The van der Waals surface area contributed by atoms with Crippen LogP contribution in [-0.2, 0) is 31.3 Å². The summed E-state index contributed by atoms with van der Waals surface area (Å²) in [6.07, 6.45) is 4.56. The second-order valence-corrected chi connectivity index (χ2v) is 9.33. The Morgan fingerprint density at radius 3 is 2.45 bits per heavy atom. The summed E-state index contributed by atoms with van der Waals surface area (Å²) in [6, 6.07) is 3.49. The third-order valence-corrected chi connectivity index (χ3v) is 5.98. The van der Waals surface area contributed by atoms with Crippen molar-refractivity contribution in [2.45, 2.75) is 65.0 Å². The summed E-state index contributed by atoms with van der Waals surface area (Å²) in [4.78, 5) is 21.7. The molecule has 0 bridgehead atoms. The zero-order valence-corrected chi connectivity index (χ0v) is 18.0. The van der Waals surface area contributed by atoms with Gasteiger partial charge in [0.2, 0.25) is 5.89 Å². The Hall–Kier alpha value is -1.99. The molecule has 29 heavy (non-hydrogen) atoms. The molecule has 0 saturated carbocycles. The summed E-state index contributed by atoms with van der Waals surface area (Å²) in [6.45, 7) is 12.6. The second-order valence-electron chi connectivity index (χ2n) is 9.33. The van der Waals surface area contributed by atoms with Crippen LogP contribution in [0.15, 0.2) is 21.3 Å². The largest absolute Gasteiger partial charge is 0.444 e. The summed E-state index contributed by atoms with van der Waals surface area (Å²) in [7, 11) is 0. The standard InChI is InChI=1S/C22H33N5O2/c1-22(2,3)19-8-9-21(28)27(24-19)15-14-25-10-12-26(13-11-25)16-20-23-17-6-4-5-7-18(17)29-20/h8-9H,4-7,10-16H2,1-3H3. The fraction of sp³-hybridized carbons (Fsp3) is 0.682. The predicted octanol–water partition coefficient (Wildman–Crippen LogP) is 2.23. The van der Waals surface area contributed by atoms with Crippen molar-refractivity contribution in [1.29, 1.82) is 0 Å². The van der Waals surface area contributed by atoms with Crippen LogP contribution in [0.3, 0.4) is 0 Å². The van der Waals surface area contributed by atoms with Crippen molar-refractivity contribution in [2.24, 2.45) is 0 Å². The molecule has 1 aliphatic carbocycles. The van der Waals surface area contributed by atoms with Crippen LogP contribution in [0.1, 0.15) is 56.7 Å². The number of oxazole rings is 1. The first-order chi connectivity index (χ1) is 13.9. The molecule has 4 rings (SSSR count). The number of fused-ring (bicyclic) bond motifs is 1. The van der Waals surface area contributed by atoms with Crippen LogP contribution in [0.5, 0.6) is 0 Å². The number of aromatic nitrogens is 3. The van der Waals surface area contributed by atoms with Crippen LogP contribution in [0.2, 0.25) is 0 Å². The van der Waals surface area contributed by atoms with Crippen LogP contribution in [0.25, 0.3) is 0 Å². The molecule has 2 aliphatic rings. The van der Waals surface area contributed by atoms with Gasteiger partial charge < -0.3 is 4.42 Å². The lowest BCUT2D eigenvalue weighted by Gasteiger charge is -2.34. The fourth-order valence-corrected chi connectivity index (χ4v) is 4.08. The molecule has 2 aromatic heterocycles. The molecular formula is C22H33N5O2. The van der Waals surface area contributed by atoms with Crippen molar-refractivity contribution in [3.05, 3.63) is 45.5 Å². The van der Waals surface area contributed by atoms with Gasteiger partial charge in [0, 0.05) is 50.6 Å². The van der Waals surface area contributed by atoms with E-state index in [4.69, 9.17) is 9.40 Å². The topological polar surface area (TPSA) is 67.4 Å². The average molecular weight is 400 g/mol. The summed E-state index contributed by atoms with van der Waals surface area (Å²) in [5.41, 5.74) is 2.06. The molecule has 158 valence electrons. The highest BCUT2D eigenvalue weighted by Crippen LogP contribution is 2.22. The van der Waals surface area contributed by atoms with E-state index >= 15 is 0 Å². The van der Waals surface area contributed by atoms with Crippen molar-refractivity contribution in [2.75, 3.05) is 32.7 Å². The van der Waals surface area contributed by atoms with Crippen LogP contribution >= 0.6 is 0 Å². The van der Waals surface area contributed by atoms with E-state index < -0.39 is 0 Å². The van der Waals surface area contributed by atoms with E-state index in [0.717, 1.165) is 69.5 Å². The van der Waals surface area contributed by atoms with E-state index in [1.807, 2.05) is 6.07 Å². The van der Waals surface area contributed by atoms with Gasteiger partial charge in [0.25, 0.3) is 5.56 Å². The molecule has 0 aromatic carbocycles. The number of piperazine rings is 1. The molecule has 3 heterocycles. The van der Waals surface area contributed by atoms with Gasteiger partial charge in [-0.1, -0.05) is 20.8 Å². The minimum absolute atomic E-state index is 0.0236. The minimum Gasteiger partial charge on any atom is -0.444 e. The van der Waals surface area contributed by atoms with Crippen LogP contribution < -0.4 is 5.56 Å². The summed E-state index contributed by atoms with van der Waals surface area (Å²) >= 11 is 0. The van der Waals surface area contributed by atoms with Crippen molar-refractivity contribution < 1.29 is 4.42 Å². The molecule has 0 unspecified atom stereocenters. The monoisotopic (exact) mass is 399 g/mol. The summed E-state index contributed by atoms with van der Waals surface area (Å²) < 4.78 is 7.60. The minimum atomic E-state index is -0.0554. The lowest BCUT2D eigenvalue weighted by Crippen LogP contribution is -2.47. The van der Waals surface area contributed by atoms with Gasteiger partial charge in [-0.05, 0) is 25.3 Å². The van der Waals surface area contributed by atoms with Crippen molar-refractivity contribution in [3.63, 3.8) is 0 Å². The van der Waals surface area contributed by atoms with Gasteiger partial charge in [-0.25, -0.2) is 9.67 Å². The molecule has 1 aliphatic heterocycles. The molecule has 0 amide bonds. The fourth-order valence-electron chi connectivity index (χ4n) is 4.08. The number of aryl methyl sites for hydroxylation is 2. The van der Waals surface area contributed by atoms with E-state index in [0.29, 0.717) is 6.54 Å². The van der Waals surface area contributed by atoms with Crippen molar-refractivity contribution in [1.82, 2.24) is 24.6 Å². The summed E-state index contributed by atoms with van der Waals surface area (Å²) in [5, 5.41) is 4.58. The van der Waals surface area contributed by atoms with Gasteiger partial charge in [0.1, 0.15) is 5.76 Å². The van der Waals surface area contributed by atoms with Crippen molar-refractivity contribution in [3.8, 4) is 0 Å². The molecule has 2 aromatic rings. The van der Waals surface area contributed by atoms with Crippen molar-refractivity contribution >= 4 is 0 Å². The van der Waals surface area contributed by atoms with Crippen LogP contribution in [0.4, 0.5) is 0 Å². The maximum absolute atomic E-state index is 12.2. The lowest BCUT2D eigenvalue weighted by molar-refractivity contribution is 0.115. The molecule has 0 radical (unpaired) electrons. The van der Waals surface area contributed by atoms with Gasteiger partial charge in [-0.15, -0.1) is 0 Å². The maximum atomic E-state index is 12.2. The molecule has 1 saturated heterocycles. The number of nitrogens with zero attached hydrogens (tertiary/aromatic N) is 5. The van der Waals surface area contributed by atoms with Gasteiger partial charge in [0.15, 0.2) is 0 Å². The van der Waals surface area contributed by atoms with Gasteiger partial charge in [0.05, 0.1) is 24.5 Å². The number of hydrogen-bond acceptors (Lipinski definition) is 6. The maximum Gasteiger partial charge on any atom is 0.266 e. The average Bonchev–Trinajstić information content (AvgIpc) is 3.10. The first kappa shape index (κ1) is 20.3. The molecular weight excluding hydrogens is 366 g/mol. The SMILES string of the molecule is CC(C)(C)c1ccc(=O)n(CCN2CCN(Cc3nc4c(o3)CCCC4)CC2)n1. The Kier molecular flexibility index (Phi) is 5.88. The Morgan fingerprint density at radius 2 is 1.72 bits per heavy atom. The first-order valence-corrected chi connectivity index (χ1v) is 10.9. The zero-order chi connectivity index (χ0) is 20.4. The highest BCUT2D eigenvalue weighted by molar-refractivity contribution is 5.13. The molecule has 0 spiro atoms. The Morgan fingerprint density at radius 1 is 1.00 bits per heavy atom. The quantitative estimate of drug-likeness (QED) is 0.768. The van der Waals surface area contributed by atoms with Crippen LogP contribution in [0, 0.1) is 0 Å². The molecule has 7 heteroatoms. The number of hydrogen-bond donors (Lipinski definition) is 0.